The zero-order valence-electron chi connectivity index (χ0n) is 12.1. The van der Waals surface area contributed by atoms with Gasteiger partial charge in [-0.3, -0.25) is 4.98 Å². The molecule has 1 saturated carbocycles. The van der Waals surface area contributed by atoms with Crippen LogP contribution in [0, 0.1) is 5.92 Å². The third-order valence-corrected chi connectivity index (χ3v) is 4.55. The molecule has 0 radical (unpaired) electrons. The summed E-state index contributed by atoms with van der Waals surface area (Å²) in [5.41, 5.74) is 1.17. The van der Waals surface area contributed by atoms with Gasteiger partial charge < -0.3 is 15.4 Å². The Labute approximate surface area is 121 Å². The molecule has 20 heavy (non-hydrogen) atoms. The van der Waals surface area contributed by atoms with E-state index in [1.54, 1.807) is 0 Å². The van der Waals surface area contributed by atoms with Crippen LogP contribution < -0.4 is 10.6 Å². The number of morpholine rings is 1. The highest BCUT2D eigenvalue weighted by atomic mass is 16.5. The Balaban J connectivity index is 1.46. The van der Waals surface area contributed by atoms with E-state index in [0.29, 0.717) is 12.1 Å². The molecule has 1 saturated heterocycles. The molecule has 3 atom stereocenters. The van der Waals surface area contributed by atoms with Crippen molar-refractivity contribution in [2.75, 3.05) is 26.3 Å². The van der Waals surface area contributed by atoms with E-state index in [0.717, 1.165) is 38.6 Å². The molecule has 0 bridgehead atoms. The van der Waals surface area contributed by atoms with Crippen LogP contribution in [0.5, 0.6) is 0 Å². The predicted octanol–water partition coefficient (Wildman–Crippen LogP) is 1.37. The van der Waals surface area contributed by atoms with Crippen LogP contribution in [0.1, 0.15) is 25.0 Å². The van der Waals surface area contributed by atoms with Crippen molar-refractivity contribution in [3.63, 3.8) is 0 Å². The Morgan fingerprint density at radius 2 is 2.35 bits per heavy atom. The second-order valence-corrected chi connectivity index (χ2v) is 5.86. The van der Waals surface area contributed by atoms with E-state index in [2.05, 4.69) is 27.8 Å². The lowest BCUT2D eigenvalue weighted by atomic mass is 9.94. The van der Waals surface area contributed by atoms with Gasteiger partial charge >= 0.3 is 0 Å². The van der Waals surface area contributed by atoms with Crippen LogP contribution in [0.4, 0.5) is 0 Å². The molecule has 1 aromatic heterocycles. The minimum absolute atomic E-state index is 0.540. The van der Waals surface area contributed by atoms with E-state index >= 15 is 0 Å². The van der Waals surface area contributed by atoms with Crippen LogP contribution in [-0.4, -0.2) is 43.4 Å². The molecule has 1 aliphatic heterocycles. The lowest BCUT2D eigenvalue weighted by Gasteiger charge is -2.33. The molecule has 2 fully saturated rings. The number of hydrogen-bond acceptors (Lipinski definition) is 4. The van der Waals surface area contributed by atoms with Gasteiger partial charge in [-0.2, -0.15) is 0 Å². The lowest BCUT2D eigenvalue weighted by molar-refractivity contribution is 0.0526. The van der Waals surface area contributed by atoms with Crippen molar-refractivity contribution < 1.29 is 4.74 Å². The van der Waals surface area contributed by atoms with Gasteiger partial charge in [0.05, 0.1) is 13.2 Å². The Hall–Kier alpha value is -0.970. The number of aromatic nitrogens is 1. The minimum atomic E-state index is 0.540. The van der Waals surface area contributed by atoms with Crippen LogP contribution in [0.15, 0.2) is 24.4 Å². The number of pyridine rings is 1. The molecule has 2 heterocycles. The average Bonchev–Trinajstić information content (AvgIpc) is 2.98. The monoisotopic (exact) mass is 275 g/mol. The summed E-state index contributed by atoms with van der Waals surface area (Å²) in [6.45, 7) is 3.76. The summed E-state index contributed by atoms with van der Waals surface area (Å²) in [6.07, 6.45) is 6.84. The number of ether oxygens (including phenoxy) is 1. The van der Waals surface area contributed by atoms with Crippen LogP contribution >= 0.6 is 0 Å². The fourth-order valence-electron chi connectivity index (χ4n) is 3.52. The van der Waals surface area contributed by atoms with E-state index in [-0.39, 0.29) is 0 Å². The Morgan fingerprint density at radius 1 is 1.35 bits per heavy atom. The topological polar surface area (TPSA) is 46.2 Å². The molecule has 4 nitrogen and oxygen atoms in total. The summed E-state index contributed by atoms with van der Waals surface area (Å²) in [5, 5.41) is 7.36. The van der Waals surface area contributed by atoms with Gasteiger partial charge in [-0.25, -0.2) is 0 Å². The highest BCUT2D eigenvalue weighted by molar-refractivity contribution is 5.04. The summed E-state index contributed by atoms with van der Waals surface area (Å²) < 4.78 is 5.62. The van der Waals surface area contributed by atoms with Crippen molar-refractivity contribution in [2.24, 2.45) is 5.92 Å². The second kappa shape index (κ2) is 7.16. The zero-order chi connectivity index (χ0) is 13.6. The van der Waals surface area contributed by atoms with E-state index in [9.17, 15) is 0 Å². The summed E-state index contributed by atoms with van der Waals surface area (Å²) in [5.74, 6) is 0.721. The van der Waals surface area contributed by atoms with Crippen LogP contribution in [0.3, 0.4) is 0 Å². The predicted molar refractivity (Wildman–Crippen MR) is 79.7 cm³/mol. The summed E-state index contributed by atoms with van der Waals surface area (Å²) in [4.78, 5) is 4.38. The van der Waals surface area contributed by atoms with Gasteiger partial charge in [0.1, 0.15) is 0 Å². The maximum absolute atomic E-state index is 5.62. The molecule has 2 aliphatic rings. The first-order valence-electron chi connectivity index (χ1n) is 7.88. The van der Waals surface area contributed by atoms with Gasteiger partial charge in [-0.05, 0) is 30.9 Å². The van der Waals surface area contributed by atoms with Crippen molar-refractivity contribution >= 4 is 0 Å². The Bertz CT molecular complexity index is 392. The molecule has 0 amide bonds. The van der Waals surface area contributed by atoms with E-state index in [1.165, 1.54) is 25.0 Å². The van der Waals surface area contributed by atoms with Crippen LogP contribution in [0.25, 0.3) is 0 Å². The molecule has 110 valence electrons. The van der Waals surface area contributed by atoms with Crippen LogP contribution in [-0.2, 0) is 11.2 Å². The molecule has 0 spiro atoms. The first kappa shape index (κ1) is 14.0. The van der Waals surface area contributed by atoms with Crippen molar-refractivity contribution in [3.05, 3.63) is 30.1 Å². The van der Waals surface area contributed by atoms with Gasteiger partial charge in [-0.1, -0.05) is 12.5 Å². The van der Waals surface area contributed by atoms with Crippen molar-refractivity contribution in [2.45, 2.75) is 37.8 Å². The van der Waals surface area contributed by atoms with Crippen LogP contribution in [0.2, 0.25) is 0 Å². The minimum Gasteiger partial charge on any atom is -0.379 e. The van der Waals surface area contributed by atoms with Gasteiger partial charge in [0.2, 0.25) is 0 Å². The SMILES string of the molecule is c1ccc(CCNC2CCCC2C2COCCN2)nc1. The maximum atomic E-state index is 5.62. The fraction of sp³-hybridized carbons (Fsp3) is 0.688. The number of nitrogens with zero attached hydrogens (tertiary/aromatic N) is 1. The third kappa shape index (κ3) is 3.57. The zero-order valence-corrected chi connectivity index (χ0v) is 12.1. The molecule has 1 aromatic rings. The number of rotatable bonds is 5. The maximum Gasteiger partial charge on any atom is 0.0623 e. The molecule has 3 rings (SSSR count). The highest BCUT2D eigenvalue weighted by Crippen LogP contribution is 2.29. The molecule has 4 heteroatoms. The first-order valence-corrected chi connectivity index (χ1v) is 7.88. The van der Waals surface area contributed by atoms with Crippen molar-refractivity contribution in [1.29, 1.82) is 0 Å². The van der Waals surface area contributed by atoms with Gasteiger partial charge in [0.25, 0.3) is 0 Å². The van der Waals surface area contributed by atoms with Crippen molar-refractivity contribution in [1.82, 2.24) is 15.6 Å². The standard InChI is InChI=1S/C16H25N3O/c1-2-8-17-13(4-1)7-9-18-15-6-3-5-14(15)16-12-20-11-10-19-16/h1-2,4,8,14-16,18-19H,3,5-7,9-12H2. The number of nitrogens with one attached hydrogen (secondary N) is 2. The normalized spacial score (nSPS) is 30.5. The summed E-state index contributed by atoms with van der Waals surface area (Å²) in [6, 6.07) is 7.31. The summed E-state index contributed by atoms with van der Waals surface area (Å²) in [7, 11) is 0. The Morgan fingerprint density at radius 3 is 3.15 bits per heavy atom. The van der Waals surface area contributed by atoms with Gasteiger partial charge in [0.15, 0.2) is 0 Å². The van der Waals surface area contributed by atoms with Gasteiger partial charge in [0, 0.05) is 43.5 Å². The van der Waals surface area contributed by atoms with E-state index in [4.69, 9.17) is 4.74 Å². The smallest absolute Gasteiger partial charge is 0.0623 e. The number of hydrogen-bond donors (Lipinski definition) is 2. The van der Waals surface area contributed by atoms with Gasteiger partial charge in [-0.15, -0.1) is 0 Å². The average molecular weight is 275 g/mol. The second-order valence-electron chi connectivity index (χ2n) is 5.86. The lowest BCUT2D eigenvalue weighted by Crippen LogP contribution is -2.51. The van der Waals surface area contributed by atoms with E-state index < -0.39 is 0 Å². The molecule has 3 unspecified atom stereocenters. The molecule has 1 aliphatic carbocycles. The molecular formula is C16H25N3O. The molecular weight excluding hydrogens is 250 g/mol. The van der Waals surface area contributed by atoms with Crippen molar-refractivity contribution in [3.8, 4) is 0 Å². The first-order chi connectivity index (χ1) is 9.93. The fourth-order valence-corrected chi connectivity index (χ4v) is 3.52. The molecule has 0 aromatic carbocycles. The third-order valence-electron chi connectivity index (χ3n) is 4.55. The van der Waals surface area contributed by atoms with E-state index in [1.807, 2.05) is 12.3 Å². The highest BCUT2D eigenvalue weighted by Gasteiger charge is 2.34. The largest absolute Gasteiger partial charge is 0.379 e. The quantitative estimate of drug-likeness (QED) is 0.852. The summed E-state index contributed by atoms with van der Waals surface area (Å²) >= 11 is 0. The molecule has 2 N–H and O–H groups in total. The Kier molecular flexibility index (Phi) is 5.01.